The molecule has 0 saturated carbocycles. The van der Waals surface area contributed by atoms with E-state index in [0.29, 0.717) is 19.0 Å². The molecule has 0 amide bonds. The number of fused-ring (bicyclic) bond motifs is 1. The Hall–Kier alpha value is -1.73. The molecule has 1 aromatic heterocycles. The molecule has 1 aromatic carbocycles. The Kier molecular flexibility index (Phi) is 4.01. The Morgan fingerprint density at radius 1 is 1.32 bits per heavy atom. The normalized spacial score (nSPS) is 16.6. The van der Waals surface area contributed by atoms with E-state index < -0.39 is 10.0 Å². The average Bonchev–Trinajstić information content (AvgIpc) is 2.45. The van der Waals surface area contributed by atoms with Crippen LogP contribution in [0.25, 0.3) is 10.9 Å². The van der Waals surface area contributed by atoms with E-state index in [0.717, 1.165) is 28.8 Å². The third-order valence-electron chi connectivity index (χ3n) is 4.11. The van der Waals surface area contributed by atoms with Crippen LogP contribution in [-0.2, 0) is 10.0 Å². The Morgan fingerprint density at radius 3 is 2.82 bits per heavy atom. The molecular weight excluding hydrogens is 300 g/mol. The maximum atomic E-state index is 11.7. The van der Waals surface area contributed by atoms with Crippen LogP contribution >= 0.6 is 0 Å². The van der Waals surface area contributed by atoms with E-state index in [1.807, 2.05) is 25.1 Å². The summed E-state index contributed by atoms with van der Waals surface area (Å²) in [4.78, 5) is 8.61. The number of hydrogen-bond acceptors (Lipinski definition) is 5. The van der Waals surface area contributed by atoms with Gasteiger partial charge in [0.05, 0.1) is 11.3 Å². The molecule has 1 aliphatic rings. The number of rotatable bonds is 5. The lowest BCUT2D eigenvalue weighted by Gasteiger charge is -2.38. The Bertz CT molecular complexity index is 780. The van der Waals surface area contributed by atoms with E-state index in [2.05, 4.69) is 15.3 Å². The zero-order valence-corrected chi connectivity index (χ0v) is 13.6. The second kappa shape index (κ2) is 5.81. The van der Waals surface area contributed by atoms with E-state index in [-0.39, 0.29) is 5.75 Å². The van der Waals surface area contributed by atoms with E-state index >= 15 is 0 Å². The van der Waals surface area contributed by atoms with Crippen LogP contribution < -0.4 is 5.32 Å². The van der Waals surface area contributed by atoms with Crippen molar-refractivity contribution >= 4 is 26.7 Å². The molecule has 118 valence electrons. The molecule has 1 aliphatic heterocycles. The topological polar surface area (TPSA) is 75.2 Å². The van der Waals surface area contributed by atoms with Crippen molar-refractivity contribution in [1.82, 2.24) is 14.3 Å². The molecule has 1 N–H and O–H groups in total. The van der Waals surface area contributed by atoms with Crippen molar-refractivity contribution in [2.24, 2.45) is 5.92 Å². The molecule has 0 atom stereocenters. The first-order chi connectivity index (χ1) is 10.5. The Labute approximate surface area is 130 Å². The van der Waals surface area contributed by atoms with Gasteiger partial charge < -0.3 is 5.32 Å². The number of nitrogens with zero attached hydrogens (tertiary/aromatic N) is 3. The van der Waals surface area contributed by atoms with Crippen molar-refractivity contribution in [3.05, 3.63) is 30.1 Å². The zero-order chi connectivity index (χ0) is 15.7. The lowest BCUT2D eigenvalue weighted by molar-refractivity contribution is 0.212. The summed E-state index contributed by atoms with van der Waals surface area (Å²) in [5.41, 5.74) is 2.05. The van der Waals surface area contributed by atoms with Crippen LogP contribution in [0.4, 0.5) is 5.82 Å². The van der Waals surface area contributed by atoms with Gasteiger partial charge in [-0.25, -0.2) is 22.7 Å². The van der Waals surface area contributed by atoms with Crippen molar-refractivity contribution in [1.29, 1.82) is 0 Å². The lowest BCUT2D eigenvalue weighted by atomic mass is 10.0. The van der Waals surface area contributed by atoms with E-state index in [1.165, 1.54) is 0 Å². The van der Waals surface area contributed by atoms with Gasteiger partial charge >= 0.3 is 0 Å². The highest BCUT2D eigenvalue weighted by Crippen LogP contribution is 2.25. The number of sulfonamides is 1. The van der Waals surface area contributed by atoms with Gasteiger partial charge in [0, 0.05) is 30.9 Å². The van der Waals surface area contributed by atoms with Crippen molar-refractivity contribution in [3.8, 4) is 0 Å². The molecule has 1 saturated heterocycles. The van der Waals surface area contributed by atoms with Crippen molar-refractivity contribution in [3.63, 3.8) is 0 Å². The number of nitrogens with one attached hydrogen (secondary N) is 1. The van der Waals surface area contributed by atoms with E-state index in [9.17, 15) is 8.42 Å². The van der Waals surface area contributed by atoms with Gasteiger partial charge in [0.25, 0.3) is 0 Å². The summed E-state index contributed by atoms with van der Waals surface area (Å²) in [6, 6.07) is 5.98. The van der Waals surface area contributed by atoms with Crippen LogP contribution in [0.1, 0.15) is 12.5 Å². The van der Waals surface area contributed by atoms with E-state index in [1.54, 1.807) is 17.6 Å². The lowest BCUT2D eigenvalue weighted by Crippen LogP contribution is -2.52. The second-order valence-electron chi connectivity index (χ2n) is 5.66. The van der Waals surface area contributed by atoms with Crippen LogP contribution in [0.2, 0.25) is 0 Å². The predicted molar refractivity (Wildman–Crippen MR) is 87.3 cm³/mol. The third-order valence-corrected chi connectivity index (χ3v) is 5.93. The molecule has 2 aromatic rings. The first kappa shape index (κ1) is 15.2. The highest BCUT2D eigenvalue weighted by molar-refractivity contribution is 7.89. The molecule has 0 unspecified atom stereocenters. The van der Waals surface area contributed by atoms with Gasteiger partial charge in [-0.3, -0.25) is 0 Å². The number of aryl methyl sites for hydroxylation is 1. The average molecular weight is 320 g/mol. The highest BCUT2D eigenvalue weighted by atomic mass is 32.2. The third kappa shape index (κ3) is 2.78. The maximum absolute atomic E-state index is 11.7. The van der Waals surface area contributed by atoms with Crippen LogP contribution in [0, 0.1) is 12.8 Å². The molecule has 22 heavy (non-hydrogen) atoms. The number of anilines is 1. The maximum Gasteiger partial charge on any atom is 0.213 e. The minimum Gasteiger partial charge on any atom is -0.369 e. The SMILES string of the molecule is CCS(=O)(=O)N1CC(CNc2ncnc3cccc(C)c23)C1. The minimum absolute atomic E-state index is 0.170. The van der Waals surface area contributed by atoms with Gasteiger partial charge in [-0.05, 0) is 25.5 Å². The van der Waals surface area contributed by atoms with Crippen LogP contribution in [-0.4, -0.2) is 48.1 Å². The first-order valence-corrected chi connectivity index (χ1v) is 9.04. The minimum atomic E-state index is -3.04. The highest BCUT2D eigenvalue weighted by Gasteiger charge is 2.34. The fraction of sp³-hybridized carbons (Fsp3) is 0.467. The fourth-order valence-corrected chi connectivity index (χ4v) is 3.96. The summed E-state index contributed by atoms with van der Waals surface area (Å²) in [6.07, 6.45) is 1.55. The van der Waals surface area contributed by atoms with Gasteiger partial charge in [0.15, 0.2) is 0 Å². The molecule has 0 radical (unpaired) electrons. The van der Waals surface area contributed by atoms with Gasteiger partial charge in [-0.2, -0.15) is 0 Å². The smallest absolute Gasteiger partial charge is 0.213 e. The molecule has 1 fully saturated rings. The largest absolute Gasteiger partial charge is 0.369 e. The number of aromatic nitrogens is 2. The molecule has 6 nitrogen and oxygen atoms in total. The van der Waals surface area contributed by atoms with Crippen molar-refractivity contribution < 1.29 is 8.42 Å². The predicted octanol–water partition coefficient (Wildman–Crippen LogP) is 1.63. The fourth-order valence-electron chi connectivity index (χ4n) is 2.72. The summed E-state index contributed by atoms with van der Waals surface area (Å²) in [5.74, 6) is 1.32. The van der Waals surface area contributed by atoms with Crippen LogP contribution in [0.3, 0.4) is 0 Å². The molecule has 7 heteroatoms. The zero-order valence-electron chi connectivity index (χ0n) is 12.8. The standard InChI is InChI=1S/C15H20N4O2S/c1-3-22(20,21)19-8-12(9-19)7-16-15-14-11(2)5-4-6-13(14)17-10-18-15/h4-6,10,12H,3,7-9H2,1-2H3,(H,16,17,18). The molecule has 2 heterocycles. The number of hydrogen-bond donors (Lipinski definition) is 1. The molecule has 0 bridgehead atoms. The Morgan fingerprint density at radius 2 is 2.09 bits per heavy atom. The van der Waals surface area contributed by atoms with Crippen LogP contribution in [0.15, 0.2) is 24.5 Å². The summed E-state index contributed by atoms with van der Waals surface area (Å²) in [6.45, 7) is 5.61. The van der Waals surface area contributed by atoms with Gasteiger partial charge in [0.2, 0.25) is 10.0 Å². The quantitative estimate of drug-likeness (QED) is 0.906. The summed E-state index contributed by atoms with van der Waals surface area (Å²) < 4.78 is 25.0. The monoisotopic (exact) mass is 320 g/mol. The van der Waals surface area contributed by atoms with Crippen molar-refractivity contribution in [2.75, 3.05) is 30.7 Å². The summed E-state index contributed by atoms with van der Waals surface area (Å²) in [7, 11) is -3.04. The molecular formula is C15H20N4O2S. The van der Waals surface area contributed by atoms with Gasteiger partial charge in [0.1, 0.15) is 12.1 Å². The summed E-state index contributed by atoms with van der Waals surface area (Å²) in [5, 5.41) is 4.38. The Balaban J connectivity index is 1.67. The number of benzene rings is 1. The molecule has 0 spiro atoms. The van der Waals surface area contributed by atoms with Gasteiger partial charge in [-0.15, -0.1) is 0 Å². The first-order valence-electron chi connectivity index (χ1n) is 7.43. The summed E-state index contributed by atoms with van der Waals surface area (Å²) >= 11 is 0. The van der Waals surface area contributed by atoms with Gasteiger partial charge in [-0.1, -0.05) is 12.1 Å². The van der Waals surface area contributed by atoms with Crippen LogP contribution in [0.5, 0.6) is 0 Å². The molecule has 0 aliphatic carbocycles. The van der Waals surface area contributed by atoms with Crippen molar-refractivity contribution in [2.45, 2.75) is 13.8 Å². The molecule has 3 rings (SSSR count). The second-order valence-corrected chi connectivity index (χ2v) is 7.91. The van der Waals surface area contributed by atoms with E-state index in [4.69, 9.17) is 0 Å².